The molecule has 2 unspecified atom stereocenters. The van der Waals surface area contributed by atoms with Crippen molar-refractivity contribution in [3.8, 4) is 0 Å². The Hall–Kier alpha value is -0.930. The second-order valence-corrected chi connectivity index (χ2v) is 5.98. The fourth-order valence-corrected chi connectivity index (χ4v) is 3.69. The highest BCUT2D eigenvalue weighted by Crippen LogP contribution is 2.35. The van der Waals surface area contributed by atoms with E-state index in [-0.39, 0.29) is 0 Å². The lowest BCUT2D eigenvalue weighted by Gasteiger charge is -2.28. The topological polar surface area (TPSA) is 21.3 Å². The molecule has 0 spiro atoms. The van der Waals surface area contributed by atoms with Gasteiger partial charge in [0.05, 0.1) is 6.26 Å². The summed E-state index contributed by atoms with van der Waals surface area (Å²) in [6.07, 6.45) is 7.78. The van der Waals surface area contributed by atoms with Crippen molar-refractivity contribution in [1.82, 2.24) is 5.32 Å². The van der Waals surface area contributed by atoms with Crippen LogP contribution in [0.3, 0.4) is 0 Å². The van der Waals surface area contributed by atoms with Gasteiger partial charge in [0.1, 0.15) is 6.10 Å². The van der Waals surface area contributed by atoms with Crippen molar-refractivity contribution in [2.75, 3.05) is 12.3 Å². The minimum atomic E-state index is 0.344. The van der Waals surface area contributed by atoms with Crippen LogP contribution in [0.4, 0.5) is 0 Å². The van der Waals surface area contributed by atoms with E-state index in [1.165, 1.54) is 22.6 Å². The van der Waals surface area contributed by atoms with Gasteiger partial charge in [-0.15, -0.1) is 11.8 Å². The second-order valence-electron chi connectivity index (χ2n) is 4.84. The molecule has 1 N–H and O–H groups in total. The predicted molar refractivity (Wildman–Crippen MR) is 75.8 cm³/mol. The van der Waals surface area contributed by atoms with Gasteiger partial charge in [-0.05, 0) is 42.7 Å². The van der Waals surface area contributed by atoms with Crippen LogP contribution in [0.2, 0.25) is 0 Å². The lowest BCUT2D eigenvalue weighted by atomic mass is 10.0. The highest BCUT2D eigenvalue weighted by atomic mass is 32.2. The van der Waals surface area contributed by atoms with Crippen molar-refractivity contribution in [1.29, 1.82) is 0 Å². The van der Waals surface area contributed by atoms with Crippen LogP contribution >= 0.6 is 11.8 Å². The first-order valence-electron chi connectivity index (χ1n) is 6.69. The molecule has 3 rings (SSSR count). The first-order chi connectivity index (χ1) is 8.93. The summed E-state index contributed by atoms with van der Waals surface area (Å²) < 4.78 is 5.61. The van der Waals surface area contributed by atoms with Gasteiger partial charge in [0.25, 0.3) is 0 Å². The third kappa shape index (κ3) is 2.73. The van der Waals surface area contributed by atoms with E-state index in [0.717, 1.165) is 19.4 Å². The third-order valence-electron chi connectivity index (χ3n) is 3.57. The van der Waals surface area contributed by atoms with Crippen molar-refractivity contribution in [2.45, 2.75) is 36.3 Å². The smallest absolute Gasteiger partial charge is 0.110 e. The molecule has 0 radical (unpaired) electrons. The number of nitrogens with one attached hydrogen (secondary N) is 1. The Bertz CT molecular complexity index is 432. The van der Waals surface area contributed by atoms with Crippen molar-refractivity contribution >= 4 is 11.8 Å². The minimum absolute atomic E-state index is 0.344. The van der Waals surface area contributed by atoms with Crippen molar-refractivity contribution < 1.29 is 4.74 Å². The molecular formula is C15H19NOS. The summed E-state index contributed by atoms with van der Waals surface area (Å²) in [4.78, 5) is 1.44. The average molecular weight is 261 g/mol. The molecule has 2 aliphatic rings. The molecule has 0 saturated heterocycles. The van der Waals surface area contributed by atoms with Crippen LogP contribution in [0.25, 0.3) is 0 Å². The van der Waals surface area contributed by atoms with E-state index < -0.39 is 0 Å². The Morgan fingerprint density at radius 3 is 3.11 bits per heavy atom. The van der Waals surface area contributed by atoms with Gasteiger partial charge in [-0.2, -0.15) is 0 Å². The molecule has 3 heteroatoms. The summed E-state index contributed by atoms with van der Waals surface area (Å²) in [5.74, 6) is 1.21. The molecule has 2 aliphatic heterocycles. The van der Waals surface area contributed by atoms with Gasteiger partial charge in [-0.25, -0.2) is 0 Å². The maximum absolute atomic E-state index is 5.61. The van der Waals surface area contributed by atoms with Crippen LogP contribution in [0.1, 0.15) is 30.9 Å². The van der Waals surface area contributed by atoms with E-state index in [0.29, 0.717) is 12.1 Å². The van der Waals surface area contributed by atoms with Crippen molar-refractivity contribution in [2.24, 2.45) is 0 Å². The van der Waals surface area contributed by atoms with E-state index in [4.69, 9.17) is 4.74 Å². The molecule has 0 bridgehead atoms. The fourth-order valence-electron chi connectivity index (χ4n) is 2.56. The summed E-state index contributed by atoms with van der Waals surface area (Å²) in [6.45, 7) is 0.952. The summed E-state index contributed by atoms with van der Waals surface area (Å²) >= 11 is 1.97. The zero-order chi connectivity index (χ0) is 12.2. The van der Waals surface area contributed by atoms with E-state index in [2.05, 4.69) is 35.7 Å². The van der Waals surface area contributed by atoms with Gasteiger partial charge < -0.3 is 10.1 Å². The predicted octanol–water partition coefficient (Wildman–Crippen LogP) is 3.51. The number of thioether (sulfide) groups is 1. The van der Waals surface area contributed by atoms with Gasteiger partial charge in [0.15, 0.2) is 0 Å². The van der Waals surface area contributed by atoms with Crippen LogP contribution in [-0.4, -0.2) is 18.4 Å². The lowest BCUT2D eigenvalue weighted by molar-refractivity contribution is 0.119. The number of rotatable bonds is 3. The first kappa shape index (κ1) is 12.1. The monoisotopic (exact) mass is 261 g/mol. The molecule has 0 aromatic heterocycles. The quantitative estimate of drug-likeness (QED) is 0.899. The van der Waals surface area contributed by atoms with Crippen LogP contribution in [0.15, 0.2) is 41.5 Å². The normalized spacial score (nSPS) is 26.4. The molecule has 0 fully saturated rings. The highest BCUT2D eigenvalue weighted by Gasteiger charge is 2.21. The second kappa shape index (κ2) is 5.81. The average Bonchev–Trinajstić information content (AvgIpc) is 2.46. The van der Waals surface area contributed by atoms with Gasteiger partial charge in [0, 0.05) is 17.5 Å². The minimum Gasteiger partial charge on any atom is -0.497 e. The number of hydrogen-bond donors (Lipinski definition) is 1. The molecular weight excluding hydrogens is 242 g/mol. The summed E-state index contributed by atoms with van der Waals surface area (Å²) in [7, 11) is 0. The molecule has 2 heterocycles. The van der Waals surface area contributed by atoms with E-state index in [1.807, 2.05) is 18.0 Å². The van der Waals surface area contributed by atoms with Gasteiger partial charge in [-0.1, -0.05) is 18.2 Å². The number of allylic oxidation sites excluding steroid dienone is 1. The van der Waals surface area contributed by atoms with Gasteiger partial charge >= 0.3 is 0 Å². The number of ether oxygens (including phenoxy) is 1. The zero-order valence-corrected chi connectivity index (χ0v) is 11.3. The third-order valence-corrected chi connectivity index (χ3v) is 4.70. The molecule has 2 atom stereocenters. The van der Waals surface area contributed by atoms with Crippen LogP contribution in [0.5, 0.6) is 0 Å². The number of benzene rings is 1. The SMILES string of the molecule is C1=COC(CNC2CCSc3ccccc32)CC1. The molecule has 96 valence electrons. The molecule has 1 aromatic carbocycles. The van der Waals surface area contributed by atoms with Crippen molar-refractivity contribution in [3.05, 3.63) is 42.2 Å². The Labute approximate surface area is 113 Å². The molecule has 18 heavy (non-hydrogen) atoms. The number of hydrogen-bond acceptors (Lipinski definition) is 3. The van der Waals surface area contributed by atoms with Crippen LogP contribution in [-0.2, 0) is 4.74 Å². The Balaban J connectivity index is 1.62. The molecule has 0 saturated carbocycles. The summed E-state index contributed by atoms with van der Waals surface area (Å²) in [5, 5.41) is 3.68. The van der Waals surface area contributed by atoms with Crippen LogP contribution in [0, 0.1) is 0 Å². The summed E-state index contributed by atoms with van der Waals surface area (Å²) in [6, 6.07) is 9.24. The molecule has 0 amide bonds. The molecule has 2 nitrogen and oxygen atoms in total. The Morgan fingerprint density at radius 2 is 2.22 bits per heavy atom. The standard InChI is InChI=1S/C15H19NOS/c1-2-7-15-13(6-1)14(8-10-18-15)16-11-12-5-3-4-9-17-12/h1-2,4,6-7,9,12,14,16H,3,5,8,10-11H2. The van der Waals surface area contributed by atoms with E-state index >= 15 is 0 Å². The number of fused-ring (bicyclic) bond motifs is 1. The molecule has 1 aromatic rings. The Morgan fingerprint density at radius 1 is 1.28 bits per heavy atom. The lowest BCUT2D eigenvalue weighted by Crippen LogP contribution is -2.33. The van der Waals surface area contributed by atoms with E-state index in [1.54, 1.807) is 0 Å². The Kier molecular flexibility index (Phi) is 3.91. The largest absolute Gasteiger partial charge is 0.497 e. The fraction of sp³-hybridized carbons (Fsp3) is 0.467. The maximum atomic E-state index is 5.61. The van der Waals surface area contributed by atoms with E-state index in [9.17, 15) is 0 Å². The van der Waals surface area contributed by atoms with Crippen molar-refractivity contribution in [3.63, 3.8) is 0 Å². The molecule has 0 aliphatic carbocycles. The maximum Gasteiger partial charge on any atom is 0.110 e. The zero-order valence-electron chi connectivity index (χ0n) is 10.5. The van der Waals surface area contributed by atoms with Gasteiger partial charge in [0.2, 0.25) is 0 Å². The van der Waals surface area contributed by atoms with Gasteiger partial charge in [-0.3, -0.25) is 0 Å². The summed E-state index contributed by atoms with van der Waals surface area (Å²) in [5.41, 5.74) is 1.46. The highest BCUT2D eigenvalue weighted by molar-refractivity contribution is 7.99. The van der Waals surface area contributed by atoms with Crippen LogP contribution < -0.4 is 5.32 Å². The first-order valence-corrected chi connectivity index (χ1v) is 7.67.